The summed E-state index contributed by atoms with van der Waals surface area (Å²) >= 11 is 1.46. The minimum absolute atomic E-state index is 0.0229. The van der Waals surface area contributed by atoms with Gasteiger partial charge in [0.05, 0.1) is 25.5 Å². The van der Waals surface area contributed by atoms with Gasteiger partial charge in [-0.05, 0) is 30.3 Å². The number of amides is 2. The highest BCUT2D eigenvalue weighted by Gasteiger charge is 2.25. The molecule has 0 aliphatic carbocycles. The molecule has 0 unspecified atom stereocenters. The van der Waals surface area contributed by atoms with Crippen molar-refractivity contribution in [1.29, 1.82) is 0 Å². The van der Waals surface area contributed by atoms with Gasteiger partial charge in [0.25, 0.3) is 5.91 Å². The second-order valence-electron chi connectivity index (χ2n) is 6.70. The lowest BCUT2D eigenvalue weighted by Gasteiger charge is -2.34. The Labute approximate surface area is 172 Å². The molecule has 1 aliphatic rings. The topological polar surface area (TPSA) is 75.9 Å². The Bertz CT molecular complexity index is 991. The number of thiazole rings is 1. The number of hydrogen-bond donors (Lipinski definition) is 0. The van der Waals surface area contributed by atoms with Crippen LogP contribution in [0, 0.1) is 0 Å². The molecule has 0 spiro atoms. The first kappa shape index (κ1) is 19.2. The standard InChI is InChI=1S/C21H21N3O4S/c1-27-17-5-2-4-15(12-17)21(26)24-9-7-23(8-10-24)19(25)13-16-14-29-20(22-16)18-6-3-11-28-18/h2-6,11-12,14H,7-10,13H2,1H3. The lowest BCUT2D eigenvalue weighted by Crippen LogP contribution is -2.51. The minimum Gasteiger partial charge on any atom is -0.497 e. The van der Waals surface area contributed by atoms with Crippen molar-refractivity contribution in [2.45, 2.75) is 6.42 Å². The highest BCUT2D eigenvalue weighted by molar-refractivity contribution is 7.13. The van der Waals surface area contributed by atoms with Gasteiger partial charge in [0.1, 0.15) is 5.75 Å². The molecule has 1 aliphatic heterocycles. The molecule has 150 valence electrons. The number of ether oxygens (including phenoxy) is 1. The smallest absolute Gasteiger partial charge is 0.254 e. The molecule has 2 aromatic heterocycles. The Balaban J connectivity index is 1.32. The van der Waals surface area contributed by atoms with E-state index in [2.05, 4.69) is 4.98 Å². The van der Waals surface area contributed by atoms with Gasteiger partial charge in [-0.3, -0.25) is 9.59 Å². The first-order valence-electron chi connectivity index (χ1n) is 9.33. The quantitative estimate of drug-likeness (QED) is 0.645. The molecule has 0 N–H and O–H groups in total. The summed E-state index contributed by atoms with van der Waals surface area (Å²) in [5, 5.41) is 2.66. The lowest BCUT2D eigenvalue weighted by atomic mass is 10.1. The number of benzene rings is 1. The average Bonchev–Trinajstić information content (AvgIpc) is 3.45. The Morgan fingerprint density at radius 1 is 1.14 bits per heavy atom. The molecule has 1 aromatic carbocycles. The molecule has 3 aromatic rings. The molecule has 1 fully saturated rings. The molecular weight excluding hydrogens is 390 g/mol. The van der Waals surface area contributed by atoms with Crippen LogP contribution in [0.3, 0.4) is 0 Å². The van der Waals surface area contributed by atoms with E-state index in [-0.39, 0.29) is 18.2 Å². The Kier molecular flexibility index (Phi) is 5.62. The predicted octanol–water partition coefficient (Wildman–Crippen LogP) is 2.94. The molecule has 0 saturated carbocycles. The minimum atomic E-state index is -0.0430. The SMILES string of the molecule is COc1cccc(C(=O)N2CCN(C(=O)Cc3csc(-c4ccco4)n3)CC2)c1. The fourth-order valence-corrected chi connectivity index (χ4v) is 4.05. The first-order valence-corrected chi connectivity index (χ1v) is 10.2. The summed E-state index contributed by atoms with van der Waals surface area (Å²) in [5.74, 6) is 1.34. The molecule has 29 heavy (non-hydrogen) atoms. The summed E-state index contributed by atoms with van der Waals surface area (Å²) in [7, 11) is 1.58. The number of furan rings is 1. The van der Waals surface area contributed by atoms with Gasteiger partial charge in [0.15, 0.2) is 10.8 Å². The van der Waals surface area contributed by atoms with E-state index in [4.69, 9.17) is 9.15 Å². The first-order chi connectivity index (χ1) is 14.1. The van der Waals surface area contributed by atoms with Crippen LogP contribution in [0.25, 0.3) is 10.8 Å². The van der Waals surface area contributed by atoms with Crippen molar-refractivity contribution in [1.82, 2.24) is 14.8 Å². The largest absolute Gasteiger partial charge is 0.497 e. The highest BCUT2D eigenvalue weighted by Crippen LogP contribution is 2.24. The van der Waals surface area contributed by atoms with E-state index >= 15 is 0 Å². The van der Waals surface area contributed by atoms with Crippen LogP contribution in [-0.2, 0) is 11.2 Å². The van der Waals surface area contributed by atoms with Gasteiger partial charge in [0, 0.05) is 37.1 Å². The van der Waals surface area contributed by atoms with Gasteiger partial charge in [0.2, 0.25) is 5.91 Å². The molecule has 0 radical (unpaired) electrons. The van der Waals surface area contributed by atoms with Crippen LogP contribution in [0.5, 0.6) is 5.75 Å². The van der Waals surface area contributed by atoms with Gasteiger partial charge in [-0.15, -0.1) is 11.3 Å². The van der Waals surface area contributed by atoms with E-state index in [1.807, 2.05) is 23.6 Å². The fourth-order valence-electron chi connectivity index (χ4n) is 3.27. The van der Waals surface area contributed by atoms with Crippen molar-refractivity contribution >= 4 is 23.2 Å². The van der Waals surface area contributed by atoms with E-state index in [0.717, 1.165) is 10.7 Å². The van der Waals surface area contributed by atoms with Crippen molar-refractivity contribution in [3.8, 4) is 16.5 Å². The average molecular weight is 411 g/mol. The summed E-state index contributed by atoms with van der Waals surface area (Å²) in [6, 6.07) is 10.8. The second kappa shape index (κ2) is 8.48. The van der Waals surface area contributed by atoms with Crippen molar-refractivity contribution in [3.63, 3.8) is 0 Å². The predicted molar refractivity (Wildman–Crippen MR) is 109 cm³/mol. The lowest BCUT2D eigenvalue weighted by molar-refractivity contribution is -0.132. The van der Waals surface area contributed by atoms with Crippen molar-refractivity contribution in [2.75, 3.05) is 33.3 Å². The summed E-state index contributed by atoms with van der Waals surface area (Å²) < 4.78 is 10.5. The third-order valence-electron chi connectivity index (χ3n) is 4.85. The van der Waals surface area contributed by atoms with Crippen LogP contribution < -0.4 is 4.74 Å². The molecule has 2 amide bonds. The summed E-state index contributed by atoms with van der Waals surface area (Å²) in [5.41, 5.74) is 1.33. The van der Waals surface area contributed by atoms with E-state index in [0.29, 0.717) is 43.3 Å². The van der Waals surface area contributed by atoms with Gasteiger partial charge in [-0.1, -0.05) is 6.07 Å². The maximum absolute atomic E-state index is 12.7. The van der Waals surface area contributed by atoms with Crippen LogP contribution in [0.4, 0.5) is 0 Å². The van der Waals surface area contributed by atoms with Gasteiger partial charge >= 0.3 is 0 Å². The zero-order chi connectivity index (χ0) is 20.2. The third-order valence-corrected chi connectivity index (χ3v) is 5.76. The van der Waals surface area contributed by atoms with Crippen LogP contribution in [-0.4, -0.2) is 59.9 Å². The number of hydrogen-bond acceptors (Lipinski definition) is 6. The monoisotopic (exact) mass is 411 g/mol. The fraction of sp³-hybridized carbons (Fsp3) is 0.286. The number of aromatic nitrogens is 1. The van der Waals surface area contributed by atoms with Gasteiger partial charge in [-0.25, -0.2) is 4.98 Å². The summed E-state index contributed by atoms with van der Waals surface area (Å²) in [6.45, 7) is 2.06. The summed E-state index contributed by atoms with van der Waals surface area (Å²) in [6.07, 6.45) is 1.86. The van der Waals surface area contributed by atoms with E-state index in [1.54, 1.807) is 41.4 Å². The number of nitrogens with zero attached hydrogens (tertiary/aromatic N) is 3. The van der Waals surface area contributed by atoms with Crippen LogP contribution in [0.15, 0.2) is 52.5 Å². The number of rotatable bonds is 5. The summed E-state index contributed by atoms with van der Waals surface area (Å²) in [4.78, 5) is 33.4. The molecule has 0 atom stereocenters. The van der Waals surface area contributed by atoms with E-state index in [1.165, 1.54) is 11.3 Å². The molecular formula is C21H21N3O4S. The molecule has 4 rings (SSSR count). The van der Waals surface area contributed by atoms with Crippen molar-refractivity contribution < 1.29 is 18.7 Å². The molecule has 3 heterocycles. The molecule has 8 heteroatoms. The Hall–Kier alpha value is -3.13. The number of carbonyl (C=O) groups is 2. The highest BCUT2D eigenvalue weighted by atomic mass is 32.1. The van der Waals surface area contributed by atoms with Crippen LogP contribution in [0.1, 0.15) is 16.1 Å². The molecule has 0 bridgehead atoms. The second-order valence-corrected chi connectivity index (χ2v) is 7.56. The molecule has 7 nitrogen and oxygen atoms in total. The number of piperazine rings is 1. The maximum atomic E-state index is 12.7. The van der Waals surface area contributed by atoms with Crippen LogP contribution >= 0.6 is 11.3 Å². The maximum Gasteiger partial charge on any atom is 0.254 e. The van der Waals surface area contributed by atoms with E-state index in [9.17, 15) is 9.59 Å². The van der Waals surface area contributed by atoms with Gasteiger partial charge < -0.3 is 19.0 Å². The van der Waals surface area contributed by atoms with Crippen molar-refractivity contribution in [2.24, 2.45) is 0 Å². The third kappa shape index (κ3) is 4.32. The Morgan fingerprint density at radius 3 is 2.66 bits per heavy atom. The van der Waals surface area contributed by atoms with Crippen molar-refractivity contribution in [3.05, 3.63) is 59.3 Å². The van der Waals surface area contributed by atoms with Gasteiger partial charge in [-0.2, -0.15) is 0 Å². The Morgan fingerprint density at radius 2 is 1.93 bits per heavy atom. The van der Waals surface area contributed by atoms with E-state index < -0.39 is 0 Å². The molecule has 1 saturated heterocycles. The normalized spacial score (nSPS) is 14.1. The zero-order valence-electron chi connectivity index (χ0n) is 16.0. The number of carbonyl (C=O) groups excluding carboxylic acids is 2. The van der Waals surface area contributed by atoms with Crippen LogP contribution in [0.2, 0.25) is 0 Å². The number of methoxy groups -OCH3 is 1. The zero-order valence-corrected chi connectivity index (χ0v) is 16.9.